The van der Waals surface area contributed by atoms with E-state index in [0.717, 1.165) is 40.8 Å². The second kappa shape index (κ2) is 7.73. The summed E-state index contributed by atoms with van der Waals surface area (Å²) in [6, 6.07) is 7.98. The number of benzene rings is 1. The summed E-state index contributed by atoms with van der Waals surface area (Å²) in [7, 11) is 0. The number of fused-ring (bicyclic) bond motifs is 2. The summed E-state index contributed by atoms with van der Waals surface area (Å²) in [6.45, 7) is 4.88. The van der Waals surface area contributed by atoms with Gasteiger partial charge in [-0.3, -0.25) is 9.69 Å². The van der Waals surface area contributed by atoms with Gasteiger partial charge in [0.25, 0.3) is 5.91 Å². The molecule has 2 aromatic rings. The first kappa shape index (κ1) is 20.2. The number of aromatic amines is 1. The minimum atomic E-state index is -0.282. The highest BCUT2D eigenvalue weighted by Crippen LogP contribution is 2.45. The van der Waals surface area contributed by atoms with Crippen molar-refractivity contribution in [1.82, 2.24) is 14.8 Å². The number of carbonyl (C=O) groups excluding carboxylic acids is 2. The van der Waals surface area contributed by atoms with Gasteiger partial charge >= 0.3 is 6.09 Å². The lowest BCUT2D eigenvalue weighted by Gasteiger charge is -2.15. The van der Waals surface area contributed by atoms with E-state index in [4.69, 9.17) is 4.74 Å². The van der Waals surface area contributed by atoms with E-state index in [1.165, 1.54) is 25.2 Å². The largest absolute Gasteiger partial charge is 0.448 e. The highest BCUT2D eigenvalue weighted by atomic mass is 35.5. The molecule has 162 valence electrons. The van der Waals surface area contributed by atoms with E-state index in [1.54, 1.807) is 4.90 Å². The van der Waals surface area contributed by atoms with Gasteiger partial charge in [-0.2, -0.15) is 0 Å². The van der Waals surface area contributed by atoms with Crippen LogP contribution in [0.15, 0.2) is 30.5 Å². The molecule has 3 aliphatic heterocycles. The van der Waals surface area contributed by atoms with E-state index in [-0.39, 0.29) is 24.4 Å². The van der Waals surface area contributed by atoms with Crippen LogP contribution < -0.4 is 5.32 Å². The fourth-order valence-electron chi connectivity index (χ4n) is 4.93. The molecule has 1 aromatic carbocycles. The van der Waals surface area contributed by atoms with Crippen LogP contribution in [0.1, 0.15) is 28.8 Å². The highest BCUT2D eigenvalue weighted by molar-refractivity contribution is 6.34. The Morgan fingerprint density at radius 3 is 2.74 bits per heavy atom. The first-order valence-electron chi connectivity index (χ1n) is 10.6. The van der Waals surface area contributed by atoms with E-state index >= 15 is 0 Å². The van der Waals surface area contributed by atoms with Crippen LogP contribution in [0.2, 0.25) is 0 Å². The van der Waals surface area contributed by atoms with Gasteiger partial charge in [0.05, 0.1) is 6.54 Å². The maximum atomic E-state index is 12.6. The fraction of sp³-hybridized carbons (Fsp3) is 0.391. The van der Waals surface area contributed by atoms with Gasteiger partial charge in [0.2, 0.25) is 0 Å². The van der Waals surface area contributed by atoms with Crippen molar-refractivity contribution in [2.75, 3.05) is 31.6 Å². The fourth-order valence-corrected chi connectivity index (χ4v) is 4.93. The van der Waals surface area contributed by atoms with Crippen molar-refractivity contribution in [3.05, 3.63) is 52.8 Å². The molecule has 0 spiro atoms. The Labute approximate surface area is 186 Å². The van der Waals surface area contributed by atoms with E-state index in [9.17, 15) is 9.59 Å². The standard InChI is InChI=1S/C23H24N4O3.ClH/c28-22-20(7-15-5-18(24-9-15)13-26-11-16-8-17(16)12-26)19-6-14(1-2-21(19)25-22)10-27-3-4-30-23(27)29;/h1-2,5-7,9,16-17,24H,3-4,8,10-13H2,(H,25,28);1H/t16-,17?;/m1./s1. The number of aromatic nitrogens is 1. The summed E-state index contributed by atoms with van der Waals surface area (Å²) >= 11 is 0. The number of amides is 2. The Balaban J connectivity index is 0.00000204. The predicted molar refractivity (Wildman–Crippen MR) is 120 cm³/mol. The number of hydrogen-bond acceptors (Lipinski definition) is 4. The Hall–Kier alpha value is -2.77. The number of rotatable bonds is 5. The predicted octanol–water partition coefficient (Wildman–Crippen LogP) is 3.33. The molecule has 8 heteroatoms. The summed E-state index contributed by atoms with van der Waals surface area (Å²) in [5.41, 5.74) is 5.52. The topological polar surface area (TPSA) is 77.7 Å². The zero-order chi connectivity index (χ0) is 20.2. The third kappa shape index (κ3) is 3.83. The summed E-state index contributed by atoms with van der Waals surface area (Å²) in [5.74, 6) is 1.76. The van der Waals surface area contributed by atoms with Crippen LogP contribution in [0.5, 0.6) is 0 Å². The monoisotopic (exact) mass is 440 g/mol. The SMILES string of the molecule is Cl.O=C1Nc2ccc(CN3CCOC3=O)cc2C1=Cc1c[nH]c(CN2CC3C[C@@H]3C2)c1. The molecule has 4 aliphatic rings. The van der Waals surface area contributed by atoms with Crippen molar-refractivity contribution in [2.45, 2.75) is 19.5 Å². The molecule has 1 saturated carbocycles. The molecule has 2 saturated heterocycles. The number of nitrogens with one attached hydrogen (secondary N) is 2. The lowest BCUT2D eigenvalue weighted by molar-refractivity contribution is -0.110. The molecular formula is C23H25ClN4O3. The van der Waals surface area contributed by atoms with Crippen molar-refractivity contribution in [3.8, 4) is 0 Å². The van der Waals surface area contributed by atoms with E-state index < -0.39 is 0 Å². The van der Waals surface area contributed by atoms with E-state index in [2.05, 4.69) is 21.3 Å². The number of piperidine rings is 1. The van der Waals surface area contributed by atoms with Crippen LogP contribution in [0.4, 0.5) is 10.5 Å². The van der Waals surface area contributed by atoms with Crippen LogP contribution in [0, 0.1) is 11.8 Å². The minimum absolute atomic E-state index is 0. The molecule has 1 aliphatic carbocycles. The normalized spacial score (nSPS) is 25.3. The third-order valence-corrected chi connectivity index (χ3v) is 6.61. The van der Waals surface area contributed by atoms with Crippen LogP contribution >= 0.6 is 12.4 Å². The number of ether oxygens (including phenoxy) is 1. The molecule has 6 rings (SSSR count). The number of hydrogen-bond donors (Lipinski definition) is 2. The van der Waals surface area contributed by atoms with Gasteiger partial charge in [0.15, 0.2) is 0 Å². The zero-order valence-electron chi connectivity index (χ0n) is 17.1. The summed E-state index contributed by atoms with van der Waals surface area (Å²) in [5, 5.41) is 2.94. The van der Waals surface area contributed by atoms with Gasteiger partial charge in [-0.25, -0.2) is 4.79 Å². The lowest BCUT2D eigenvalue weighted by Crippen LogP contribution is -2.23. The van der Waals surface area contributed by atoms with Gasteiger partial charge in [0.1, 0.15) is 6.61 Å². The number of H-pyrrole nitrogens is 1. The molecule has 7 nitrogen and oxygen atoms in total. The molecule has 2 amide bonds. The first-order chi connectivity index (χ1) is 14.6. The molecule has 31 heavy (non-hydrogen) atoms. The second-order valence-corrected chi connectivity index (χ2v) is 8.84. The maximum Gasteiger partial charge on any atom is 0.410 e. The van der Waals surface area contributed by atoms with Crippen LogP contribution in [-0.2, 0) is 22.6 Å². The summed E-state index contributed by atoms with van der Waals surface area (Å²) in [4.78, 5) is 31.9. The van der Waals surface area contributed by atoms with Crippen molar-refractivity contribution in [1.29, 1.82) is 0 Å². The van der Waals surface area contributed by atoms with Crippen molar-refractivity contribution >= 4 is 41.7 Å². The molecule has 1 aromatic heterocycles. The van der Waals surface area contributed by atoms with Gasteiger partial charge in [-0.05, 0) is 53.7 Å². The van der Waals surface area contributed by atoms with Gasteiger partial charge < -0.3 is 19.9 Å². The second-order valence-electron chi connectivity index (χ2n) is 8.84. The first-order valence-corrected chi connectivity index (χ1v) is 10.6. The number of halogens is 1. The van der Waals surface area contributed by atoms with Crippen molar-refractivity contribution in [2.24, 2.45) is 11.8 Å². The van der Waals surface area contributed by atoms with Crippen molar-refractivity contribution < 1.29 is 14.3 Å². The molecule has 2 atom stereocenters. The number of anilines is 1. The van der Waals surface area contributed by atoms with Crippen molar-refractivity contribution in [3.63, 3.8) is 0 Å². The van der Waals surface area contributed by atoms with Gasteiger partial charge in [-0.1, -0.05) is 6.07 Å². The van der Waals surface area contributed by atoms with Crippen LogP contribution in [-0.4, -0.2) is 53.0 Å². The van der Waals surface area contributed by atoms with Crippen LogP contribution in [0.25, 0.3) is 11.6 Å². The highest BCUT2D eigenvalue weighted by Gasteiger charge is 2.44. The number of nitrogens with zero attached hydrogens (tertiary/aromatic N) is 2. The average molecular weight is 441 g/mol. The Kier molecular flexibility index (Phi) is 5.02. The molecular weight excluding hydrogens is 416 g/mol. The lowest BCUT2D eigenvalue weighted by atomic mass is 10.0. The minimum Gasteiger partial charge on any atom is -0.448 e. The maximum absolute atomic E-state index is 12.6. The third-order valence-electron chi connectivity index (χ3n) is 6.61. The molecule has 0 radical (unpaired) electrons. The zero-order valence-corrected chi connectivity index (χ0v) is 17.9. The van der Waals surface area contributed by atoms with E-state index in [0.29, 0.717) is 25.3 Å². The van der Waals surface area contributed by atoms with E-state index in [1.807, 2.05) is 30.5 Å². The summed E-state index contributed by atoms with van der Waals surface area (Å²) in [6.07, 6.45) is 5.04. The van der Waals surface area contributed by atoms with Gasteiger partial charge in [-0.15, -0.1) is 12.4 Å². The quantitative estimate of drug-likeness (QED) is 0.699. The van der Waals surface area contributed by atoms with Gasteiger partial charge in [0, 0.05) is 54.9 Å². The van der Waals surface area contributed by atoms with Crippen LogP contribution in [0.3, 0.4) is 0 Å². The Morgan fingerprint density at radius 1 is 1.13 bits per heavy atom. The molecule has 3 fully saturated rings. The molecule has 1 unspecified atom stereocenters. The smallest absolute Gasteiger partial charge is 0.410 e. The number of cyclic esters (lactones) is 1. The molecule has 0 bridgehead atoms. The summed E-state index contributed by atoms with van der Waals surface area (Å²) < 4.78 is 5.01. The molecule has 4 heterocycles. The molecule has 2 N–H and O–H groups in total. The Bertz CT molecular complexity index is 1070. The Morgan fingerprint density at radius 2 is 1.97 bits per heavy atom. The average Bonchev–Trinajstić information content (AvgIpc) is 3.13. The number of carbonyl (C=O) groups is 2. The number of likely N-dealkylation sites (tertiary alicyclic amines) is 1.